The third-order valence-electron chi connectivity index (χ3n) is 4.64. The van der Waals surface area contributed by atoms with E-state index >= 15 is 0 Å². The number of carbonyl (C=O) groups excluding carboxylic acids is 3. The average molecular weight is 542 g/mol. The highest BCUT2D eigenvalue weighted by Crippen LogP contribution is 2.30. The van der Waals surface area contributed by atoms with Gasteiger partial charge in [0.15, 0.2) is 23.6 Å². The molecule has 8 nitrogen and oxygen atoms in total. The van der Waals surface area contributed by atoms with Gasteiger partial charge < -0.3 is 24.7 Å². The van der Waals surface area contributed by atoms with E-state index in [2.05, 4.69) is 9.47 Å². The van der Waals surface area contributed by atoms with Gasteiger partial charge in [0.2, 0.25) is 0 Å². The molecule has 3 aromatic rings. The molecule has 0 spiro atoms. The third-order valence-corrected chi connectivity index (χ3v) is 4.64. The smallest absolute Gasteiger partial charge is 0.493 e. The van der Waals surface area contributed by atoms with Crippen LogP contribution in [0.15, 0.2) is 60.7 Å². The van der Waals surface area contributed by atoms with Gasteiger partial charge in [-0.25, -0.2) is 4.79 Å². The number of aldehydes is 1. The first-order valence-corrected chi connectivity index (χ1v) is 10.1. The lowest BCUT2D eigenvalue weighted by atomic mass is 9.98. The summed E-state index contributed by atoms with van der Waals surface area (Å²) in [6, 6.07) is 14.0. The van der Waals surface area contributed by atoms with Gasteiger partial charge in [-0.1, -0.05) is 12.1 Å². The lowest BCUT2D eigenvalue weighted by Crippen LogP contribution is -2.17. The van der Waals surface area contributed by atoms with Crippen molar-refractivity contribution in [2.45, 2.75) is 6.36 Å². The molecule has 0 atom stereocenters. The number of alkyl halides is 3. The zero-order valence-electron chi connectivity index (χ0n) is 19.8. The Morgan fingerprint density at radius 3 is 2.05 bits per heavy atom. The normalized spacial score (nSPS) is 10.1. The number of halogens is 4. The number of hydrogen-bond donors (Lipinski definition) is 1. The topological polar surface area (TPSA) is 114 Å². The van der Waals surface area contributed by atoms with Crippen LogP contribution in [0.2, 0.25) is 0 Å². The van der Waals surface area contributed by atoms with Crippen LogP contribution in [0, 0.1) is 0 Å². The molecular formula is C25H23ClF3NO7. The van der Waals surface area contributed by atoms with E-state index in [1.54, 1.807) is 24.3 Å². The molecule has 0 unspecified atom stereocenters. The fourth-order valence-electron chi connectivity index (χ4n) is 2.96. The van der Waals surface area contributed by atoms with Crippen molar-refractivity contribution in [2.75, 3.05) is 27.1 Å². The summed E-state index contributed by atoms with van der Waals surface area (Å²) in [7, 11) is 4.12. The third kappa shape index (κ3) is 8.43. The molecule has 3 aromatic carbocycles. The van der Waals surface area contributed by atoms with Gasteiger partial charge in [-0.05, 0) is 48.5 Å². The molecular weight excluding hydrogens is 519 g/mol. The number of para-hydroxylation sites is 1. The molecule has 198 valence electrons. The Balaban J connectivity index is 0.000000479. The van der Waals surface area contributed by atoms with Gasteiger partial charge in [-0.3, -0.25) is 9.59 Å². The second-order valence-corrected chi connectivity index (χ2v) is 6.89. The van der Waals surface area contributed by atoms with Crippen LogP contribution in [-0.2, 0) is 4.74 Å². The summed E-state index contributed by atoms with van der Waals surface area (Å²) in [5, 5.41) is 0. The molecule has 2 N–H and O–H groups in total. The van der Waals surface area contributed by atoms with Gasteiger partial charge in [0.05, 0.1) is 26.9 Å². The maximum absolute atomic E-state index is 12.6. The number of hydrogen-bond acceptors (Lipinski definition) is 8. The number of methoxy groups -OCH3 is 3. The minimum Gasteiger partial charge on any atom is -0.493 e. The maximum Gasteiger partial charge on any atom is 0.573 e. The molecule has 37 heavy (non-hydrogen) atoms. The summed E-state index contributed by atoms with van der Waals surface area (Å²) in [5.41, 5.74) is 6.19. The van der Waals surface area contributed by atoms with Crippen molar-refractivity contribution in [3.63, 3.8) is 0 Å². The number of esters is 1. The van der Waals surface area contributed by atoms with Crippen LogP contribution in [0.25, 0.3) is 0 Å². The van der Waals surface area contributed by atoms with E-state index < -0.39 is 23.9 Å². The first-order chi connectivity index (χ1) is 17.0. The summed E-state index contributed by atoms with van der Waals surface area (Å²) < 4.78 is 55.5. The molecule has 0 aliphatic rings. The molecule has 3 rings (SSSR count). The number of nitrogens with two attached hydrogens (primary N) is 1. The zero-order valence-corrected chi connectivity index (χ0v) is 20.6. The van der Waals surface area contributed by atoms with E-state index in [0.29, 0.717) is 23.3 Å². The van der Waals surface area contributed by atoms with Crippen molar-refractivity contribution in [1.29, 1.82) is 0 Å². The average Bonchev–Trinajstić information content (AvgIpc) is 2.87. The van der Waals surface area contributed by atoms with Crippen LogP contribution in [0.5, 0.6) is 17.2 Å². The first kappa shape index (κ1) is 30.8. The highest BCUT2D eigenvalue weighted by atomic mass is 35.5. The highest BCUT2D eigenvalue weighted by Gasteiger charge is 2.31. The predicted molar refractivity (Wildman–Crippen MR) is 131 cm³/mol. The largest absolute Gasteiger partial charge is 0.573 e. The van der Waals surface area contributed by atoms with Gasteiger partial charge in [0.1, 0.15) is 5.75 Å². The number of rotatable bonds is 7. The SMILES string of the molecule is COC(=O)c1ccccc1N.COc1ccc(C(=O)c2cc(OC(F)(F)F)ccc2C=O)cc1OC.Cl. The van der Waals surface area contributed by atoms with Gasteiger partial charge in [-0.2, -0.15) is 0 Å². The standard InChI is InChI=1S/C17H13F3O5.C8H9NO2.ClH/c1-23-14-6-4-10(7-15(14)24-2)16(22)13-8-12(25-17(18,19)20)5-3-11(13)9-21;1-11-8(10)6-4-2-3-5-7(6)9;/h3-9H,1-2H3;2-5H,9H2,1H3;1H. The van der Waals surface area contributed by atoms with Gasteiger partial charge in [0, 0.05) is 22.4 Å². The molecule has 0 bridgehead atoms. The molecule has 0 saturated heterocycles. The van der Waals surface area contributed by atoms with Gasteiger partial charge >= 0.3 is 12.3 Å². The Labute approximate surface area is 216 Å². The van der Waals surface area contributed by atoms with E-state index in [1.807, 2.05) is 0 Å². The molecule has 0 aliphatic carbocycles. The quantitative estimate of drug-likeness (QED) is 0.190. The van der Waals surface area contributed by atoms with Crippen molar-refractivity contribution >= 4 is 36.1 Å². The van der Waals surface area contributed by atoms with E-state index in [9.17, 15) is 27.6 Å². The number of benzene rings is 3. The zero-order chi connectivity index (χ0) is 26.9. The van der Waals surface area contributed by atoms with Crippen LogP contribution in [0.3, 0.4) is 0 Å². The molecule has 0 heterocycles. The fourth-order valence-corrected chi connectivity index (χ4v) is 2.96. The van der Waals surface area contributed by atoms with Crippen molar-refractivity contribution in [1.82, 2.24) is 0 Å². The Morgan fingerprint density at radius 2 is 1.51 bits per heavy atom. The van der Waals surface area contributed by atoms with E-state index in [4.69, 9.17) is 15.2 Å². The number of anilines is 1. The van der Waals surface area contributed by atoms with Crippen LogP contribution in [-0.4, -0.2) is 45.7 Å². The highest BCUT2D eigenvalue weighted by molar-refractivity contribution is 6.13. The summed E-state index contributed by atoms with van der Waals surface area (Å²) >= 11 is 0. The molecule has 0 fully saturated rings. The van der Waals surface area contributed by atoms with Crippen LogP contribution >= 0.6 is 12.4 Å². The predicted octanol–water partition coefficient (Wildman–Crippen LogP) is 5.12. The van der Waals surface area contributed by atoms with Crippen LogP contribution < -0.4 is 19.9 Å². The summed E-state index contributed by atoms with van der Waals surface area (Å²) in [5.74, 6) is -1.01. The van der Waals surface area contributed by atoms with Crippen molar-refractivity contribution in [3.8, 4) is 17.2 Å². The second kappa shape index (κ2) is 13.7. The minimum atomic E-state index is -4.91. The van der Waals surface area contributed by atoms with E-state index in [0.717, 1.165) is 18.2 Å². The summed E-state index contributed by atoms with van der Waals surface area (Å²) in [6.07, 6.45) is -4.53. The number of carbonyl (C=O) groups is 3. The van der Waals surface area contributed by atoms with Crippen LogP contribution in [0.1, 0.15) is 36.6 Å². The van der Waals surface area contributed by atoms with E-state index in [-0.39, 0.29) is 34.8 Å². The number of nitrogen functional groups attached to an aromatic ring is 1. The Hall–Kier alpha value is -4.25. The molecule has 0 aliphatic heterocycles. The molecule has 0 radical (unpaired) electrons. The Bertz CT molecular complexity index is 1250. The second-order valence-electron chi connectivity index (χ2n) is 6.89. The van der Waals surface area contributed by atoms with Crippen LogP contribution in [0.4, 0.5) is 18.9 Å². The maximum atomic E-state index is 12.6. The van der Waals surface area contributed by atoms with E-state index in [1.165, 1.54) is 39.5 Å². The number of ether oxygens (including phenoxy) is 4. The Morgan fingerprint density at radius 1 is 0.865 bits per heavy atom. The van der Waals surface area contributed by atoms with Gasteiger partial charge in [0.25, 0.3) is 0 Å². The van der Waals surface area contributed by atoms with Crippen molar-refractivity contribution in [3.05, 3.63) is 82.9 Å². The molecule has 0 amide bonds. The number of ketones is 1. The first-order valence-electron chi connectivity index (χ1n) is 10.1. The fraction of sp³-hybridized carbons (Fsp3) is 0.160. The summed E-state index contributed by atoms with van der Waals surface area (Å²) in [4.78, 5) is 34.7. The van der Waals surface area contributed by atoms with Gasteiger partial charge in [-0.15, -0.1) is 25.6 Å². The molecule has 0 saturated carbocycles. The summed E-state index contributed by atoms with van der Waals surface area (Å²) in [6.45, 7) is 0. The monoisotopic (exact) mass is 541 g/mol. The lowest BCUT2D eigenvalue weighted by molar-refractivity contribution is -0.274. The lowest BCUT2D eigenvalue weighted by Gasteiger charge is -2.12. The Kier molecular flexibility index (Phi) is 11.4. The minimum absolute atomic E-state index is 0. The van der Waals surface area contributed by atoms with Crippen molar-refractivity contribution < 1.29 is 46.5 Å². The molecule has 12 heteroatoms. The molecule has 0 aromatic heterocycles. The van der Waals surface area contributed by atoms with Crippen molar-refractivity contribution in [2.24, 2.45) is 0 Å².